The Morgan fingerprint density at radius 2 is 2.12 bits per heavy atom. The number of carbonyl (C=O) groups excluding carboxylic acids is 1. The number of ketones is 1. The molecule has 0 atom stereocenters. The molecule has 24 heavy (non-hydrogen) atoms. The van der Waals surface area contributed by atoms with E-state index in [4.69, 9.17) is 17.2 Å². The van der Waals surface area contributed by atoms with Crippen molar-refractivity contribution in [3.05, 3.63) is 12.7 Å². The number of hydrogen-bond donors (Lipinski definition) is 2. The molecule has 0 bridgehead atoms. The van der Waals surface area contributed by atoms with E-state index in [2.05, 4.69) is 30.6 Å². The highest BCUT2D eigenvalue weighted by Gasteiger charge is 2.30. The van der Waals surface area contributed by atoms with Crippen LogP contribution in [0, 0.1) is 5.41 Å². The van der Waals surface area contributed by atoms with E-state index in [0.717, 1.165) is 63.1 Å². The Morgan fingerprint density at radius 3 is 2.75 bits per heavy atom. The summed E-state index contributed by atoms with van der Waals surface area (Å²) in [5, 5.41) is 4.02. The predicted molar refractivity (Wildman–Crippen MR) is 103 cm³/mol. The summed E-state index contributed by atoms with van der Waals surface area (Å²) in [7, 11) is 0. The van der Waals surface area contributed by atoms with E-state index < -0.39 is 0 Å². The molecule has 0 spiro atoms. The number of aliphatic imine (C=N–C) groups is 1. The Labute approximate surface area is 151 Å². The number of thiocarbonyl (C=S) groups is 1. The Morgan fingerprint density at radius 1 is 1.42 bits per heavy atom. The van der Waals surface area contributed by atoms with Gasteiger partial charge in [-0.3, -0.25) is 9.79 Å². The van der Waals surface area contributed by atoms with Gasteiger partial charge in [0.05, 0.1) is 39.3 Å². The topological polar surface area (TPSA) is 49.1 Å². The number of carbonyl (C=O) groups is 1. The third-order valence-corrected chi connectivity index (χ3v) is 5.12. The first kappa shape index (κ1) is 19.1. The van der Waals surface area contributed by atoms with Crippen molar-refractivity contribution < 1.29 is 9.69 Å². The second-order valence-electron chi connectivity index (χ2n) is 7.64. The molecule has 134 valence electrons. The largest absolute Gasteiger partial charge is 0.359 e. The van der Waals surface area contributed by atoms with Crippen molar-refractivity contribution in [1.29, 1.82) is 0 Å². The minimum absolute atomic E-state index is 0.0841. The van der Waals surface area contributed by atoms with Crippen molar-refractivity contribution >= 4 is 28.8 Å². The molecule has 1 aliphatic carbocycles. The minimum Gasteiger partial charge on any atom is -0.359 e. The average molecular weight is 352 g/mol. The summed E-state index contributed by atoms with van der Waals surface area (Å²) in [4.78, 5) is 20.3. The zero-order valence-corrected chi connectivity index (χ0v) is 15.9. The zero-order chi connectivity index (χ0) is 17.6. The normalized spacial score (nSPS) is 23.3. The van der Waals surface area contributed by atoms with Gasteiger partial charge < -0.3 is 15.1 Å². The Bertz CT molecular complexity index is 507. The molecule has 0 aromatic carbocycles. The molecule has 1 aliphatic heterocycles. The van der Waals surface area contributed by atoms with E-state index in [1.807, 2.05) is 6.08 Å². The third kappa shape index (κ3) is 5.98. The van der Waals surface area contributed by atoms with Crippen LogP contribution in [0.1, 0.15) is 33.1 Å². The van der Waals surface area contributed by atoms with Crippen LogP contribution in [0.4, 0.5) is 0 Å². The van der Waals surface area contributed by atoms with Crippen LogP contribution in [0.25, 0.3) is 0 Å². The highest BCUT2D eigenvalue weighted by atomic mass is 32.1. The van der Waals surface area contributed by atoms with Crippen molar-refractivity contribution in [3.8, 4) is 0 Å². The molecule has 0 radical (unpaired) electrons. The van der Waals surface area contributed by atoms with Gasteiger partial charge in [0, 0.05) is 25.1 Å². The van der Waals surface area contributed by atoms with Crippen molar-refractivity contribution in [1.82, 2.24) is 10.2 Å². The van der Waals surface area contributed by atoms with Crippen molar-refractivity contribution in [2.45, 2.75) is 33.1 Å². The van der Waals surface area contributed by atoms with E-state index in [9.17, 15) is 4.79 Å². The molecule has 1 saturated heterocycles. The van der Waals surface area contributed by atoms with Crippen LogP contribution in [0.15, 0.2) is 17.6 Å². The first-order valence-electron chi connectivity index (χ1n) is 8.91. The molecule has 2 N–H and O–H groups in total. The molecule has 2 rings (SSSR count). The van der Waals surface area contributed by atoms with E-state index in [0.29, 0.717) is 18.6 Å². The van der Waals surface area contributed by atoms with Crippen molar-refractivity contribution in [2.24, 2.45) is 10.4 Å². The zero-order valence-electron chi connectivity index (χ0n) is 15.1. The quantitative estimate of drug-likeness (QED) is 0.558. The molecular formula is C18H31N4OS+. The Hall–Kier alpha value is -1.27. The Kier molecular flexibility index (Phi) is 6.92. The summed E-state index contributed by atoms with van der Waals surface area (Å²) >= 11 is 5.39. The molecular weight excluding hydrogens is 320 g/mol. The maximum absolute atomic E-state index is 11.8. The molecule has 1 saturated carbocycles. The lowest BCUT2D eigenvalue weighted by atomic mass is 9.76. The van der Waals surface area contributed by atoms with Crippen LogP contribution in [0.2, 0.25) is 0 Å². The lowest BCUT2D eigenvalue weighted by molar-refractivity contribution is -0.902. The van der Waals surface area contributed by atoms with Crippen LogP contribution >= 0.6 is 12.2 Å². The minimum atomic E-state index is 0.0841. The highest BCUT2D eigenvalue weighted by molar-refractivity contribution is 7.80. The van der Waals surface area contributed by atoms with Crippen LogP contribution in [-0.2, 0) is 4.79 Å². The molecule has 2 aliphatic rings. The van der Waals surface area contributed by atoms with E-state index in [1.54, 1.807) is 4.90 Å². The van der Waals surface area contributed by atoms with Gasteiger partial charge in [-0.25, -0.2) is 0 Å². The standard InChI is InChI=1S/C18H30N4OS/c1-4-5-20-17(24)22-10-8-21(9-11-22)7-6-19-15-12-16(23)14-18(2,3)13-15/h4H,1,5-14H2,2-3H3,(H,20,24)/p+1. The smallest absolute Gasteiger partial charge is 0.169 e. The van der Waals surface area contributed by atoms with Gasteiger partial charge in [-0.2, -0.15) is 0 Å². The number of piperazine rings is 1. The highest BCUT2D eigenvalue weighted by Crippen LogP contribution is 2.31. The first-order valence-corrected chi connectivity index (χ1v) is 9.31. The summed E-state index contributed by atoms with van der Waals surface area (Å²) in [6.45, 7) is 14.8. The summed E-state index contributed by atoms with van der Waals surface area (Å²) in [5.74, 6) is 0.339. The van der Waals surface area contributed by atoms with Crippen LogP contribution in [0.3, 0.4) is 0 Å². The summed E-state index contributed by atoms with van der Waals surface area (Å²) < 4.78 is 0. The molecule has 2 fully saturated rings. The monoisotopic (exact) mass is 351 g/mol. The van der Waals surface area contributed by atoms with Crippen molar-refractivity contribution in [3.63, 3.8) is 0 Å². The maximum Gasteiger partial charge on any atom is 0.169 e. The first-order chi connectivity index (χ1) is 11.4. The summed E-state index contributed by atoms with van der Waals surface area (Å²) in [6, 6.07) is 0. The van der Waals surface area contributed by atoms with E-state index in [-0.39, 0.29) is 5.41 Å². The fourth-order valence-electron chi connectivity index (χ4n) is 3.53. The molecule has 5 nitrogen and oxygen atoms in total. The summed E-state index contributed by atoms with van der Waals surface area (Å²) in [5.41, 5.74) is 1.19. The molecule has 0 amide bonds. The van der Waals surface area contributed by atoms with Gasteiger partial charge in [0.25, 0.3) is 0 Å². The predicted octanol–water partition coefficient (Wildman–Crippen LogP) is 0.468. The number of Topliss-reactive ketones (excluding diaryl/α,β-unsaturated/α-hetero) is 1. The van der Waals surface area contributed by atoms with Gasteiger partial charge in [0.1, 0.15) is 5.78 Å². The number of nitrogens with one attached hydrogen (secondary N) is 2. The van der Waals surface area contributed by atoms with Gasteiger partial charge >= 0.3 is 0 Å². The van der Waals surface area contributed by atoms with E-state index in [1.165, 1.54) is 0 Å². The SMILES string of the molecule is C=CCNC(=S)N1CC[NH+](CCN=C2CC(=O)CC(C)(C)C2)CC1. The molecule has 6 heteroatoms. The number of hydrogen-bond acceptors (Lipinski definition) is 3. The number of rotatable bonds is 5. The van der Waals surface area contributed by atoms with Gasteiger partial charge in [0.2, 0.25) is 0 Å². The molecule has 0 aromatic rings. The van der Waals surface area contributed by atoms with Crippen LogP contribution in [0.5, 0.6) is 0 Å². The van der Waals surface area contributed by atoms with Gasteiger partial charge in [-0.15, -0.1) is 6.58 Å². The average Bonchev–Trinajstić information content (AvgIpc) is 2.51. The third-order valence-electron chi connectivity index (χ3n) is 4.72. The fraction of sp³-hybridized carbons (Fsp3) is 0.722. The number of quaternary nitrogens is 1. The molecule has 1 heterocycles. The van der Waals surface area contributed by atoms with Crippen LogP contribution in [-0.4, -0.2) is 67.3 Å². The second-order valence-corrected chi connectivity index (χ2v) is 8.03. The summed E-state index contributed by atoms with van der Waals surface area (Å²) in [6.07, 6.45) is 4.05. The van der Waals surface area contributed by atoms with Crippen LogP contribution < -0.4 is 10.2 Å². The van der Waals surface area contributed by atoms with Gasteiger partial charge in [-0.1, -0.05) is 19.9 Å². The van der Waals surface area contributed by atoms with E-state index >= 15 is 0 Å². The second kappa shape index (κ2) is 8.72. The van der Waals surface area contributed by atoms with Gasteiger partial charge in [0.15, 0.2) is 5.11 Å². The molecule has 0 aromatic heterocycles. The lowest BCUT2D eigenvalue weighted by Crippen LogP contribution is -3.15. The fourth-order valence-corrected chi connectivity index (χ4v) is 3.80. The Balaban J connectivity index is 1.71. The maximum atomic E-state index is 11.8. The molecule has 0 unspecified atom stereocenters. The lowest BCUT2D eigenvalue weighted by Gasteiger charge is -2.33. The number of nitrogens with zero attached hydrogens (tertiary/aromatic N) is 2. The van der Waals surface area contributed by atoms with Gasteiger partial charge in [-0.05, 0) is 24.1 Å². The van der Waals surface area contributed by atoms with Crippen molar-refractivity contribution in [2.75, 3.05) is 45.8 Å².